The van der Waals surface area contributed by atoms with Crippen LogP contribution in [0.2, 0.25) is 0 Å². The summed E-state index contributed by atoms with van der Waals surface area (Å²) in [5.41, 5.74) is 0.307. The second-order valence-corrected chi connectivity index (χ2v) is 8.11. The van der Waals surface area contributed by atoms with Crippen molar-refractivity contribution in [2.24, 2.45) is 14.1 Å². The lowest BCUT2D eigenvalue weighted by atomic mass is 10.2. The van der Waals surface area contributed by atoms with Crippen LogP contribution in [0, 0.1) is 0 Å². The van der Waals surface area contributed by atoms with E-state index in [0.717, 1.165) is 21.6 Å². The van der Waals surface area contributed by atoms with Crippen LogP contribution in [0.3, 0.4) is 0 Å². The van der Waals surface area contributed by atoms with Crippen LogP contribution in [-0.4, -0.2) is 36.0 Å². The number of amides is 1. The Kier molecular flexibility index (Phi) is 5.94. The summed E-state index contributed by atoms with van der Waals surface area (Å²) in [5.74, 6) is -0.142. The maximum Gasteiger partial charge on any atom is 0.332 e. The number of pyridine rings is 1. The topological polar surface area (TPSA) is 112 Å². The lowest BCUT2D eigenvalue weighted by molar-refractivity contribution is -0.113. The van der Waals surface area contributed by atoms with Crippen molar-refractivity contribution in [2.75, 3.05) is 11.1 Å². The number of aromatic nitrogens is 5. The van der Waals surface area contributed by atoms with Gasteiger partial charge in [0, 0.05) is 25.2 Å². The van der Waals surface area contributed by atoms with Crippen molar-refractivity contribution in [3.8, 4) is 0 Å². The molecule has 3 aromatic rings. The van der Waals surface area contributed by atoms with Crippen LogP contribution < -0.4 is 16.6 Å². The Hall–Kier alpha value is -2.53. The van der Waals surface area contributed by atoms with Gasteiger partial charge in [-0.25, -0.2) is 9.78 Å². The van der Waals surface area contributed by atoms with Crippen molar-refractivity contribution >= 4 is 45.2 Å². The van der Waals surface area contributed by atoms with Gasteiger partial charge in [-0.15, -0.1) is 22.0 Å². The highest BCUT2D eigenvalue weighted by Crippen LogP contribution is 2.28. The Labute approximate surface area is 168 Å². The molecule has 28 heavy (non-hydrogen) atoms. The first-order valence-corrected chi connectivity index (χ1v) is 10.5. The van der Waals surface area contributed by atoms with Crippen LogP contribution >= 0.6 is 23.1 Å². The third kappa shape index (κ3) is 3.72. The summed E-state index contributed by atoms with van der Waals surface area (Å²) in [6.45, 7) is 3.92. The van der Waals surface area contributed by atoms with E-state index in [4.69, 9.17) is 0 Å². The molecular formula is C17H20N6O3S2. The largest absolute Gasteiger partial charge is 0.332 e. The summed E-state index contributed by atoms with van der Waals surface area (Å²) in [4.78, 5) is 42.2. The van der Waals surface area contributed by atoms with Crippen LogP contribution in [0.5, 0.6) is 0 Å². The average molecular weight is 421 g/mol. The molecule has 0 spiro atoms. The number of hydrogen-bond donors (Lipinski definition) is 1. The Bertz CT molecular complexity index is 1160. The van der Waals surface area contributed by atoms with Crippen LogP contribution in [-0.2, 0) is 31.7 Å². The molecule has 1 amide bonds. The van der Waals surface area contributed by atoms with E-state index in [1.54, 1.807) is 13.2 Å². The molecule has 0 unspecified atom stereocenters. The predicted octanol–water partition coefficient (Wildman–Crippen LogP) is 1.34. The van der Waals surface area contributed by atoms with E-state index in [-0.39, 0.29) is 11.7 Å². The highest BCUT2D eigenvalue weighted by atomic mass is 32.2. The average Bonchev–Trinajstić information content (AvgIpc) is 3.15. The number of thioether (sulfide) groups is 1. The maximum absolute atomic E-state index is 12.7. The number of hydrogen-bond acceptors (Lipinski definition) is 8. The number of nitrogens with zero attached hydrogens (tertiary/aromatic N) is 5. The molecule has 11 heteroatoms. The molecule has 0 atom stereocenters. The molecule has 9 nitrogen and oxygen atoms in total. The fourth-order valence-corrected chi connectivity index (χ4v) is 4.45. The number of rotatable bonds is 6. The second-order valence-electron chi connectivity index (χ2n) is 6.06. The SMILES string of the molecule is CCc1nnc(NC(=O)CSc2c(CC)cnc3c2c(=O)n(C)c(=O)n3C)s1. The first kappa shape index (κ1) is 20.2. The second kappa shape index (κ2) is 8.23. The van der Waals surface area contributed by atoms with E-state index in [1.807, 2.05) is 13.8 Å². The third-order valence-corrected chi connectivity index (χ3v) is 6.38. The molecule has 0 saturated heterocycles. The van der Waals surface area contributed by atoms with E-state index in [2.05, 4.69) is 20.5 Å². The molecule has 0 saturated carbocycles. The van der Waals surface area contributed by atoms with Crippen LogP contribution in [0.15, 0.2) is 20.7 Å². The standard InChI is InChI=1S/C17H20N6O3S2/c1-5-9-7-18-14-12(15(25)23(4)17(26)22(14)3)13(9)27-8-10(24)19-16-21-20-11(6-2)28-16/h7H,5-6,8H2,1-4H3,(H,19,21,24). The van der Waals surface area contributed by atoms with Gasteiger partial charge in [-0.05, 0) is 18.4 Å². The zero-order valence-electron chi connectivity index (χ0n) is 16.0. The first-order valence-electron chi connectivity index (χ1n) is 8.69. The summed E-state index contributed by atoms with van der Waals surface area (Å²) in [7, 11) is 3.01. The fraction of sp³-hybridized carbons (Fsp3) is 0.412. The molecular weight excluding hydrogens is 400 g/mol. The van der Waals surface area contributed by atoms with Crippen LogP contribution in [0.25, 0.3) is 11.0 Å². The Morgan fingerprint density at radius 3 is 2.57 bits per heavy atom. The number of anilines is 1. The van der Waals surface area contributed by atoms with E-state index in [9.17, 15) is 14.4 Å². The summed E-state index contributed by atoms with van der Waals surface area (Å²) in [6, 6.07) is 0. The molecule has 0 aliphatic rings. The van der Waals surface area contributed by atoms with Gasteiger partial charge in [0.2, 0.25) is 11.0 Å². The zero-order valence-corrected chi connectivity index (χ0v) is 17.6. The van der Waals surface area contributed by atoms with Crippen molar-refractivity contribution in [3.63, 3.8) is 0 Å². The van der Waals surface area contributed by atoms with Crippen LogP contribution in [0.1, 0.15) is 24.4 Å². The Morgan fingerprint density at radius 1 is 1.18 bits per heavy atom. The van der Waals surface area contributed by atoms with E-state index < -0.39 is 11.2 Å². The third-order valence-electron chi connectivity index (χ3n) is 4.24. The molecule has 0 bridgehead atoms. The van der Waals surface area contributed by atoms with Crippen molar-refractivity contribution in [1.82, 2.24) is 24.3 Å². The van der Waals surface area contributed by atoms with E-state index in [0.29, 0.717) is 27.5 Å². The lowest BCUT2D eigenvalue weighted by Crippen LogP contribution is -2.37. The lowest BCUT2D eigenvalue weighted by Gasteiger charge is -2.13. The van der Waals surface area contributed by atoms with Gasteiger partial charge in [-0.1, -0.05) is 25.2 Å². The minimum Gasteiger partial charge on any atom is -0.300 e. The monoisotopic (exact) mass is 420 g/mol. The van der Waals surface area contributed by atoms with Crippen molar-refractivity contribution in [2.45, 2.75) is 31.6 Å². The molecule has 0 aliphatic heterocycles. The van der Waals surface area contributed by atoms with Gasteiger partial charge in [0.1, 0.15) is 10.7 Å². The number of carbonyl (C=O) groups excluding carboxylic acids is 1. The van der Waals surface area contributed by atoms with Gasteiger partial charge in [-0.2, -0.15) is 0 Å². The Balaban J connectivity index is 1.94. The van der Waals surface area contributed by atoms with Crippen LogP contribution in [0.4, 0.5) is 5.13 Å². The number of nitrogens with one attached hydrogen (secondary N) is 1. The highest BCUT2D eigenvalue weighted by Gasteiger charge is 2.18. The summed E-state index contributed by atoms with van der Waals surface area (Å²) < 4.78 is 2.40. The molecule has 3 rings (SSSR count). The molecule has 148 valence electrons. The van der Waals surface area contributed by atoms with Crippen molar-refractivity contribution < 1.29 is 4.79 Å². The van der Waals surface area contributed by atoms with Gasteiger partial charge >= 0.3 is 5.69 Å². The molecule has 0 radical (unpaired) electrons. The van der Waals surface area contributed by atoms with Gasteiger partial charge < -0.3 is 0 Å². The normalized spacial score (nSPS) is 11.1. The predicted molar refractivity (Wildman–Crippen MR) is 110 cm³/mol. The zero-order chi connectivity index (χ0) is 20.4. The summed E-state index contributed by atoms with van der Waals surface area (Å²) in [6.07, 6.45) is 3.06. The molecule has 0 aliphatic carbocycles. The van der Waals surface area contributed by atoms with Gasteiger partial charge in [0.05, 0.1) is 11.1 Å². The highest BCUT2D eigenvalue weighted by molar-refractivity contribution is 8.00. The summed E-state index contributed by atoms with van der Waals surface area (Å²) >= 11 is 2.59. The molecule has 1 N–H and O–H groups in total. The Morgan fingerprint density at radius 2 is 1.93 bits per heavy atom. The minimum atomic E-state index is -0.439. The van der Waals surface area contributed by atoms with Crippen molar-refractivity contribution in [3.05, 3.63) is 37.6 Å². The molecule has 3 aromatic heterocycles. The number of aryl methyl sites for hydroxylation is 3. The van der Waals surface area contributed by atoms with Gasteiger partial charge in [0.15, 0.2) is 0 Å². The number of fused-ring (bicyclic) bond motifs is 1. The summed E-state index contributed by atoms with van der Waals surface area (Å²) in [5, 5.41) is 12.3. The van der Waals surface area contributed by atoms with Gasteiger partial charge in [0.25, 0.3) is 5.56 Å². The molecule has 3 heterocycles. The number of carbonyl (C=O) groups is 1. The van der Waals surface area contributed by atoms with E-state index >= 15 is 0 Å². The fourth-order valence-electron chi connectivity index (χ4n) is 2.70. The minimum absolute atomic E-state index is 0.0964. The van der Waals surface area contributed by atoms with Gasteiger partial charge in [-0.3, -0.25) is 24.0 Å². The molecule has 0 aromatic carbocycles. The first-order chi connectivity index (χ1) is 13.4. The van der Waals surface area contributed by atoms with Crippen molar-refractivity contribution in [1.29, 1.82) is 0 Å². The quantitative estimate of drug-likeness (QED) is 0.599. The van der Waals surface area contributed by atoms with E-state index in [1.165, 1.54) is 34.7 Å². The molecule has 0 fully saturated rings. The smallest absolute Gasteiger partial charge is 0.300 e. The maximum atomic E-state index is 12.7.